The molecule has 0 atom stereocenters. The molecule has 0 aliphatic rings. The second kappa shape index (κ2) is 4.65. The Morgan fingerprint density at radius 2 is 2.12 bits per heavy atom. The molecule has 90 valence electrons. The first-order chi connectivity index (χ1) is 8.13. The van der Waals surface area contributed by atoms with Gasteiger partial charge >= 0.3 is 0 Å². The molecule has 2 aromatic rings. The van der Waals surface area contributed by atoms with E-state index in [2.05, 4.69) is 20.1 Å². The summed E-state index contributed by atoms with van der Waals surface area (Å²) in [7, 11) is -3.78. The molecule has 2 rings (SSSR count). The van der Waals surface area contributed by atoms with Crippen LogP contribution < -0.4 is 16.0 Å². The summed E-state index contributed by atoms with van der Waals surface area (Å²) in [5.74, 6) is 5.23. The molecule has 9 heteroatoms. The highest BCUT2D eigenvalue weighted by Gasteiger charge is 2.20. The number of hydrazine groups is 1. The summed E-state index contributed by atoms with van der Waals surface area (Å²) in [6.07, 6.45) is 2.88. The lowest BCUT2D eigenvalue weighted by Gasteiger charge is -2.08. The van der Waals surface area contributed by atoms with Crippen LogP contribution in [0.3, 0.4) is 0 Å². The third-order valence-electron chi connectivity index (χ3n) is 1.84. The summed E-state index contributed by atoms with van der Waals surface area (Å²) in [4.78, 5) is 7.62. The number of sulfonamides is 1. The van der Waals surface area contributed by atoms with Crippen molar-refractivity contribution in [2.75, 3.05) is 10.1 Å². The number of nitrogens with two attached hydrogens (primary N) is 1. The molecule has 0 amide bonds. The van der Waals surface area contributed by atoms with E-state index in [0.717, 1.165) is 0 Å². The van der Waals surface area contributed by atoms with Crippen LogP contribution in [0.4, 0.5) is 10.8 Å². The normalized spacial score (nSPS) is 11.1. The molecule has 0 saturated heterocycles. The first kappa shape index (κ1) is 11.8. The molecular formula is C8H9N5O2S2. The van der Waals surface area contributed by atoms with E-state index in [4.69, 9.17) is 5.84 Å². The number of thiazole rings is 1. The summed E-state index contributed by atoms with van der Waals surface area (Å²) in [6, 6.07) is 3.10. The first-order valence-electron chi connectivity index (χ1n) is 4.47. The summed E-state index contributed by atoms with van der Waals surface area (Å²) >= 11 is 1.18. The molecule has 0 unspecified atom stereocenters. The van der Waals surface area contributed by atoms with E-state index in [9.17, 15) is 8.42 Å². The number of hydrogen-bond donors (Lipinski definition) is 3. The maximum absolute atomic E-state index is 12.0. The van der Waals surface area contributed by atoms with Crippen LogP contribution in [0, 0.1) is 0 Å². The molecular weight excluding hydrogens is 262 g/mol. The van der Waals surface area contributed by atoms with Crippen molar-refractivity contribution in [2.45, 2.75) is 5.03 Å². The van der Waals surface area contributed by atoms with Crippen molar-refractivity contribution in [3.05, 3.63) is 29.9 Å². The van der Waals surface area contributed by atoms with Gasteiger partial charge in [-0.05, 0) is 12.1 Å². The van der Waals surface area contributed by atoms with Gasteiger partial charge in [-0.1, -0.05) is 0 Å². The fourth-order valence-corrected chi connectivity index (χ4v) is 3.04. The van der Waals surface area contributed by atoms with E-state index in [1.165, 1.54) is 29.8 Å². The molecule has 2 heterocycles. The van der Waals surface area contributed by atoms with Crippen molar-refractivity contribution >= 4 is 32.2 Å². The number of nitrogens with one attached hydrogen (secondary N) is 2. The minimum atomic E-state index is -3.78. The Hall–Kier alpha value is -1.71. The van der Waals surface area contributed by atoms with Crippen LogP contribution in [0.15, 0.2) is 34.9 Å². The molecule has 0 aliphatic carbocycles. The van der Waals surface area contributed by atoms with Crippen LogP contribution in [-0.2, 0) is 10.0 Å². The average Bonchev–Trinajstić information content (AvgIpc) is 2.81. The molecule has 7 nitrogen and oxygen atoms in total. The van der Waals surface area contributed by atoms with Crippen LogP contribution in [-0.4, -0.2) is 18.4 Å². The van der Waals surface area contributed by atoms with Gasteiger partial charge in [0.05, 0.1) is 5.69 Å². The average molecular weight is 271 g/mol. The van der Waals surface area contributed by atoms with Gasteiger partial charge in [-0.15, -0.1) is 11.3 Å². The number of nitrogen functional groups attached to an aromatic ring is 1. The molecule has 17 heavy (non-hydrogen) atoms. The second-order valence-electron chi connectivity index (χ2n) is 2.94. The predicted molar refractivity (Wildman–Crippen MR) is 65.0 cm³/mol. The molecule has 0 aliphatic heterocycles. The van der Waals surface area contributed by atoms with Crippen LogP contribution >= 0.6 is 11.3 Å². The molecule has 0 radical (unpaired) electrons. The minimum absolute atomic E-state index is 0.169. The van der Waals surface area contributed by atoms with E-state index < -0.39 is 10.0 Å². The Labute approximate surface area is 102 Å². The molecule has 0 fully saturated rings. The number of anilines is 2. The van der Waals surface area contributed by atoms with E-state index >= 15 is 0 Å². The number of aromatic nitrogens is 2. The fourth-order valence-electron chi connectivity index (χ4n) is 1.15. The Balaban J connectivity index is 2.38. The van der Waals surface area contributed by atoms with Crippen molar-refractivity contribution < 1.29 is 8.42 Å². The summed E-state index contributed by atoms with van der Waals surface area (Å²) in [6.45, 7) is 0. The van der Waals surface area contributed by atoms with Crippen molar-refractivity contribution in [3.8, 4) is 0 Å². The van der Waals surface area contributed by atoms with Gasteiger partial charge in [0.15, 0.2) is 5.13 Å². The zero-order valence-corrected chi connectivity index (χ0v) is 10.1. The Morgan fingerprint density at radius 3 is 2.76 bits per heavy atom. The molecule has 0 bridgehead atoms. The van der Waals surface area contributed by atoms with E-state index in [1.54, 1.807) is 11.4 Å². The molecule has 2 aromatic heterocycles. The van der Waals surface area contributed by atoms with Gasteiger partial charge in [0.1, 0.15) is 0 Å². The largest absolute Gasteiger partial charge is 0.321 e. The van der Waals surface area contributed by atoms with Gasteiger partial charge in [-0.2, -0.15) is 8.42 Å². The fraction of sp³-hybridized carbons (Fsp3) is 0. The third-order valence-corrected chi connectivity index (χ3v) is 3.95. The van der Waals surface area contributed by atoms with E-state index in [-0.39, 0.29) is 15.8 Å². The van der Waals surface area contributed by atoms with Gasteiger partial charge in [-0.25, -0.2) is 9.97 Å². The first-order valence-corrected chi connectivity index (χ1v) is 6.84. The smallest absolute Gasteiger partial charge is 0.283 e. The molecule has 0 saturated carbocycles. The zero-order valence-electron chi connectivity index (χ0n) is 8.49. The Bertz CT molecular complexity index is 596. The Kier molecular flexibility index (Phi) is 3.22. The quantitative estimate of drug-likeness (QED) is 0.555. The lowest BCUT2D eigenvalue weighted by Crippen LogP contribution is -2.18. The number of hydrogen-bond acceptors (Lipinski definition) is 7. The summed E-state index contributed by atoms with van der Waals surface area (Å²) in [5, 5.41) is 1.77. The maximum Gasteiger partial charge on any atom is 0.283 e. The van der Waals surface area contributed by atoms with Gasteiger partial charge in [0.25, 0.3) is 10.0 Å². The van der Waals surface area contributed by atoms with Gasteiger partial charge < -0.3 is 5.43 Å². The van der Waals surface area contributed by atoms with Crippen LogP contribution in [0.2, 0.25) is 0 Å². The summed E-state index contributed by atoms with van der Waals surface area (Å²) < 4.78 is 26.3. The highest BCUT2D eigenvalue weighted by molar-refractivity contribution is 7.93. The van der Waals surface area contributed by atoms with Crippen LogP contribution in [0.25, 0.3) is 0 Å². The lowest BCUT2D eigenvalue weighted by atomic mass is 10.4. The Morgan fingerprint density at radius 1 is 1.29 bits per heavy atom. The monoisotopic (exact) mass is 271 g/mol. The number of rotatable bonds is 4. The highest BCUT2D eigenvalue weighted by Crippen LogP contribution is 2.21. The predicted octanol–water partition coefficient (Wildman–Crippen LogP) is 0.625. The van der Waals surface area contributed by atoms with Crippen molar-refractivity contribution in [1.82, 2.24) is 9.97 Å². The molecule has 0 spiro atoms. The second-order valence-corrected chi connectivity index (χ2v) is 5.44. The molecule has 0 aromatic carbocycles. The standard InChI is InChI=1S/C8H9N5O2S2/c9-12-6-2-1-3-10-7(6)17(14,15)13-8-11-4-5-16-8/h1-5,12H,9H2,(H,11,13). The molecule has 4 N–H and O–H groups in total. The van der Waals surface area contributed by atoms with Crippen molar-refractivity contribution in [2.24, 2.45) is 5.84 Å². The van der Waals surface area contributed by atoms with Gasteiger partial charge in [-0.3, -0.25) is 10.6 Å². The third kappa shape index (κ3) is 2.52. The van der Waals surface area contributed by atoms with Crippen LogP contribution in [0.1, 0.15) is 0 Å². The summed E-state index contributed by atoms with van der Waals surface area (Å²) in [5.41, 5.74) is 2.50. The van der Waals surface area contributed by atoms with Gasteiger partial charge in [0.2, 0.25) is 5.03 Å². The lowest BCUT2D eigenvalue weighted by molar-refractivity contribution is 0.598. The van der Waals surface area contributed by atoms with Crippen LogP contribution in [0.5, 0.6) is 0 Å². The van der Waals surface area contributed by atoms with Gasteiger partial charge in [0, 0.05) is 17.8 Å². The van der Waals surface area contributed by atoms with E-state index in [1.807, 2.05) is 0 Å². The topological polar surface area (TPSA) is 110 Å². The van der Waals surface area contributed by atoms with Crippen molar-refractivity contribution in [3.63, 3.8) is 0 Å². The number of pyridine rings is 1. The van der Waals surface area contributed by atoms with E-state index in [0.29, 0.717) is 0 Å². The zero-order chi connectivity index (χ0) is 12.3. The van der Waals surface area contributed by atoms with Crippen molar-refractivity contribution in [1.29, 1.82) is 0 Å². The highest BCUT2D eigenvalue weighted by atomic mass is 32.2. The maximum atomic E-state index is 12.0. The number of nitrogens with zero attached hydrogens (tertiary/aromatic N) is 2. The SMILES string of the molecule is NNc1cccnc1S(=O)(=O)Nc1nccs1. The minimum Gasteiger partial charge on any atom is -0.321 e.